The molecule has 1 aromatic carbocycles. The number of benzene rings is 1. The quantitative estimate of drug-likeness (QED) is 0.820. The van der Waals surface area contributed by atoms with Crippen LogP contribution in [0, 0.1) is 12.8 Å². The van der Waals surface area contributed by atoms with E-state index >= 15 is 0 Å². The molecular weight excluding hydrogens is 352 g/mol. The van der Waals surface area contributed by atoms with Crippen molar-refractivity contribution in [2.75, 3.05) is 13.1 Å². The Morgan fingerprint density at radius 1 is 1.18 bits per heavy atom. The van der Waals surface area contributed by atoms with Crippen molar-refractivity contribution in [3.8, 4) is 0 Å². The number of fused-ring (bicyclic) bond motifs is 1. The Hall–Kier alpha value is -2.63. The first-order valence-corrected chi connectivity index (χ1v) is 10.2. The monoisotopic (exact) mass is 380 g/mol. The first-order chi connectivity index (χ1) is 13.5. The summed E-state index contributed by atoms with van der Waals surface area (Å²) in [5.41, 5.74) is 2.86. The molecule has 4 rings (SSSR count). The summed E-state index contributed by atoms with van der Waals surface area (Å²) in [5.74, 6) is 0.523. The topological polar surface area (TPSA) is 58.4 Å². The summed E-state index contributed by atoms with van der Waals surface area (Å²) in [6.45, 7) is 6.74. The summed E-state index contributed by atoms with van der Waals surface area (Å²) in [7, 11) is 0. The highest BCUT2D eigenvalue weighted by Gasteiger charge is 2.42. The maximum Gasteiger partial charge on any atom is 0.274 e. The molecule has 2 fully saturated rings. The summed E-state index contributed by atoms with van der Waals surface area (Å²) in [6.07, 6.45) is 4.34. The number of hydrogen-bond acceptors (Lipinski definition) is 3. The molecule has 6 nitrogen and oxygen atoms in total. The maximum atomic E-state index is 12.9. The lowest BCUT2D eigenvalue weighted by molar-refractivity contribution is -0.133. The van der Waals surface area contributed by atoms with Gasteiger partial charge in [0, 0.05) is 38.8 Å². The van der Waals surface area contributed by atoms with Crippen LogP contribution in [-0.2, 0) is 17.9 Å². The first-order valence-electron chi connectivity index (χ1n) is 10.2. The molecule has 0 bridgehead atoms. The van der Waals surface area contributed by atoms with Crippen LogP contribution in [0.5, 0.6) is 0 Å². The van der Waals surface area contributed by atoms with Crippen molar-refractivity contribution in [3.05, 3.63) is 53.3 Å². The third-order valence-electron chi connectivity index (χ3n) is 6.04. The Morgan fingerprint density at radius 2 is 1.96 bits per heavy atom. The number of nitrogens with zero attached hydrogens (tertiary/aromatic N) is 4. The van der Waals surface area contributed by atoms with Crippen LogP contribution in [0.25, 0.3) is 0 Å². The van der Waals surface area contributed by atoms with Gasteiger partial charge in [-0.05, 0) is 44.2 Å². The predicted octanol–water partition coefficient (Wildman–Crippen LogP) is 2.86. The van der Waals surface area contributed by atoms with E-state index in [0.29, 0.717) is 37.7 Å². The van der Waals surface area contributed by atoms with Crippen molar-refractivity contribution in [2.45, 2.75) is 52.2 Å². The number of rotatable bonds is 4. The van der Waals surface area contributed by atoms with Gasteiger partial charge in [0.1, 0.15) is 5.69 Å². The van der Waals surface area contributed by atoms with Gasteiger partial charge in [0.2, 0.25) is 5.91 Å². The van der Waals surface area contributed by atoms with Gasteiger partial charge in [-0.25, -0.2) is 0 Å². The van der Waals surface area contributed by atoms with E-state index in [9.17, 15) is 9.59 Å². The fourth-order valence-corrected chi connectivity index (χ4v) is 4.41. The molecule has 2 saturated heterocycles. The number of aryl methyl sites for hydroxylation is 2. The van der Waals surface area contributed by atoms with Crippen molar-refractivity contribution in [3.63, 3.8) is 0 Å². The number of aromatic nitrogens is 2. The van der Waals surface area contributed by atoms with Crippen molar-refractivity contribution in [2.24, 2.45) is 5.92 Å². The zero-order valence-electron chi connectivity index (χ0n) is 16.7. The lowest BCUT2D eigenvalue weighted by Gasteiger charge is -2.30. The van der Waals surface area contributed by atoms with Gasteiger partial charge in [0.25, 0.3) is 5.91 Å². The standard InChI is InChI=1S/C22H28N4O2/c1-3-25-12-11-19(23-25)22(28)24-14-18-5-4-6-21(27)26(20(18)15-24)13-17-9-7-16(2)8-10-17/h7-12,18,20H,3-6,13-15H2,1-2H3/t18-,20+/m1/s1. The maximum absolute atomic E-state index is 12.9. The van der Waals surface area contributed by atoms with E-state index in [-0.39, 0.29) is 17.9 Å². The number of likely N-dealkylation sites (tertiary alicyclic amines) is 2. The lowest BCUT2D eigenvalue weighted by atomic mass is 9.98. The Kier molecular flexibility index (Phi) is 5.20. The van der Waals surface area contributed by atoms with Crippen LogP contribution in [0.15, 0.2) is 36.5 Å². The Bertz CT molecular complexity index is 858. The second-order valence-electron chi connectivity index (χ2n) is 7.99. The van der Waals surface area contributed by atoms with E-state index in [4.69, 9.17) is 0 Å². The van der Waals surface area contributed by atoms with Gasteiger partial charge in [-0.15, -0.1) is 0 Å². The van der Waals surface area contributed by atoms with Crippen LogP contribution in [0.3, 0.4) is 0 Å². The van der Waals surface area contributed by atoms with Gasteiger partial charge in [0.15, 0.2) is 0 Å². The molecule has 0 unspecified atom stereocenters. The second kappa shape index (κ2) is 7.78. The Morgan fingerprint density at radius 3 is 2.68 bits per heavy atom. The highest BCUT2D eigenvalue weighted by molar-refractivity contribution is 5.92. The molecule has 2 atom stereocenters. The van der Waals surface area contributed by atoms with Crippen LogP contribution in [0.4, 0.5) is 0 Å². The summed E-state index contributed by atoms with van der Waals surface area (Å²) in [5, 5.41) is 4.36. The molecule has 28 heavy (non-hydrogen) atoms. The minimum atomic E-state index is -0.0250. The zero-order chi connectivity index (χ0) is 19.7. The molecule has 2 aliphatic rings. The van der Waals surface area contributed by atoms with Crippen molar-refractivity contribution in [1.29, 1.82) is 0 Å². The number of hydrogen-bond donors (Lipinski definition) is 0. The van der Waals surface area contributed by atoms with E-state index in [1.165, 1.54) is 5.56 Å². The second-order valence-corrected chi connectivity index (χ2v) is 7.99. The lowest BCUT2D eigenvalue weighted by Crippen LogP contribution is -2.43. The molecule has 148 valence electrons. The van der Waals surface area contributed by atoms with E-state index < -0.39 is 0 Å². The van der Waals surface area contributed by atoms with E-state index in [0.717, 1.165) is 24.9 Å². The van der Waals surface area contributed by atoms with Crippen molar-refractivity contribution >= 4 is 11.8 Å². The smallest absolute Gasteiger partial charge is 0.274 e. The first kappa shape index (κ1) is 18.7. The molecule has 6 heteroatoms. The Labute approximate surface area is 166 Å². The van der Waals surface area contributed by atoms with Crippen LogP contribution in [0.1, 0.15) is 47.8 Å². The molecule has 0 aliphatic carbocycles. The third-order valence-corrected chi connectivity index (χ3v) is 6.04. The average molecular weight is 380 g/mol. The summed E-state index contributed by atoms with van der Waals surface area (Å²) in [6, 6.07) is 10.2. The van der Waals surface area contributed by atoms with Gasteiger partial charge < -0.3 is 9.80 Å². The van der Waals surface area contributed by atoms with Crippen LogP contribution in [0.2, 0.25) is 0 Å². The number of carbonyl (C=O) groups is 2. The molecule has 0 radical (unpaired) electrons. The fourth-order valence-electron chi connectivity index (χ4n) is 4.41. The summed E-state index contributed by atoms with van der Waals surface area (Å²) in [4.78, 5) is 29.7. The van der Waals surface area contributed by atoms with E-state index in [1.54, 1.807) is 10.7 Å². The number of carbonyl (C=O) groups excluding carboxylic acids is 2. The molecule has 0 N–H and O–H groups in total. The minimum absolute atomic E-state index is 0.0250. The number of amides is 2. The molecule has 2 aromatic rings. The van der Waals surface area contributed by atoms with Crippen LogP contribution >= 0.6 is 0 Å². The van der Waals surface area contributed by atoms with Crippen molar-refractivity contribution in [1.82, 2.24) is 19.6 Å². The van der Waals surface area contributed by atoms with Gasteiger partial charge in [-0.1, -0.05) is 29.8 Å². The van der Waals surface area contributed by atoms with Crippen LogP contribution < -0.4 is 0 Å². The highest BCUT2D eigenvalue weighted by Crippen LogP contribution is 2.32. The normalized spacial score (nSPS) is 22.3. The van der Waals surface area contributed by atoms with Crippen LogP contribution in [-0.4, -0.2) is 50.5 Å². The molecular formula is C22H28N4O2. The van der Waals surface area contributed by atoms with Gasteiger partial charge >= 0.3 is 0 Å². The highest BCUT2D eigenvalue weighted by atomic mass is 16.2. The predicted molar refractivity (Wildman–Crippen MR) is 107 cm³/mol. The van der Waals surface area contributed by atoms with Crippen molar-refractivity contribution < 1.29 is 9.59 Å². The molecule has 0 saturated carbocycles. The molecule has 0 spiro atoms. The average Bonchev–Trinajstić information content (AvgIpc) is 3.31. The molecule has 2 amide bonds. The zero-order valence-corrected chi connectivity index (χ0v) is 16.7. The molecule has 2 aliphatic heterocycles. The van der Waals surface area contributed by atoms with Gasteiger partial charge in [0.05, 0.1) is 6.04 Å². The summed E-state index contributed by atoms with van der Waals surface area (Å²) < 4.78 is 1.77. The summed E-state index contributed by atoms with van der Waals surface area (Å²) >= 11 is 0. The molecule has 3 heterocycles. The van der Waals surface area contributed by atoms with E-state index in [1.807, 2.05) is 22.9 Å². The van der Waals surface area contributed by atoms with Gasteiger partial charge in [-0.3, -0.25) is 14.3 Å². The Balaban J connectivity index is 1.52. The van der Waals surface area contributed by atoms with E-state index in [2.05, 4.69) is 36.3 Å². The molecule has 1 aromatic heterocycles. The third kappa shape index (κ3) is 3.68. The van der Waals surface area contributed by atoms with Gasteiger partial charge in [-0.2, -0.15) is 5.10 Å². The minimum Gasteiger partial charge on any atom is -0.335 e. The fraction of sp³-hybridized carbons (Fsp3) is 0.500. The SMILES string of the molecule is CCn1ccc(C(=O)N2C[C@H]3CCCC(=O)N(Cc4ccc(C)cc4)[C@H]3C2)n1. The largest absolute Gasteiger partial charge is 0.335 e.